The van der Waals surface area contributed by atoms with E-state index in [-0.39, 0.29) is 0 Å². The second-order valence-corrected chi connectivity index (χ2v) is 3.59. The summed E-state index contributed by atoms with van der Waals surface area (Å²) < 4.78 is 25.4. The molecule has 1 aliphatic heterocycles. The van der Waals surface area contributed by atoms with Crippen molar-refractivity contribution in [1.29, 1.82) is 0 Å². The lowest BCUT2D eigenvalue weighted by Crippen LogP contribution is -2.41. The fraction of sp³-hybridized carbons (Fsp3) is 0.400. The van der Waals surface area contributed by atoms with E-state index in [0.29, 0.717) is 5.92 Å². The summed E-state index contributed by atoms with van der Waals surface area (Å²) in [7, 11) is 2.01. The van der Waals surface area contributed by atoms with Gasteiger partial charge in [-0.2, -0.15) is 0 Å². The summed E-state index contributed by atoms with van der Waals surface area (Å²) >= 11 is 0. The van der Waals surface area contributed by atoms with Gasteiger partial charge in [-0.15, -0.1) is 0 Å². The monoisotopic (exact) mass is 183 g/mol. The van der Waals surface area contributed by atoms with Gasteiger partial charge < -0.3 is 4.90 Å². The average molecular weight is 183 g/mol. The van der Waals surface area contributed by atoms with Crippen LogP contribution < -0.4 is 0 Å². The van der Waals surface area contributed by atoms with Gasteiger partial charge in [0.1, 0.15) is 0 Å². The summed E-state index contributed by atoms with van der Waals surface area (Å²) in [5.74, 6) is -1.14. The minimum atomic E-state index is -0.767. The van der Waals surface area contributed by atoms with Crippen LogP contribution in [0, 0.1) is 11.6 Å². The van der Waals surface area contributed by atoms with Crippen LogP contribution in [0.1, 0.15) is 11.5 Å². The molecule has 0 amide bonds. The van der Waals surface area contributed by atoms with Crippen LogP contribution in [0.2, 0.25) is 0 Å². The van der Waals surface area contributed by atoms with Crippen LogP contribution in [0.25, 0.3) is 0 Å². The molecule has 1 aliphatic rings. The highest BCUT2D eigenvalue weighted by molar-refractivity contribution is 5.24. The highest BCUT2D eigenvalue weighted by atomic mass is 19.2. The molecule has 1 fully saturated rings. The third kappa shape index (κ3) is 1.56. The molecule has 0 atom stereocenters. The van der Waals surface area contributed by atoms with Gasteiger partial charge in [0.25, 0.3) is 0 Å². The van der Waals surface area contributed by atoms with Gasteiger partial charge in [0.2, 0.25) is 0 Å². The fourth-order valence-electron chi connectivity index (χ4n) is 1.68. The summed E-state index contributed by atoms with van der Waals surface area (Å²) in [5, 5.41) is 0. The summed E-state index contributed by atoms with van der Waals surface area (Å²) in [4.78, 5) is 2.14. The molecule has 2 rings (SSSR count). The lowest BCUT2D eigenvalue weighted by Gasteiger charge is -2.36. The maximum absolute atomic E-state index is 12.8. The van der Waals surface area contributed by atoms with Crippen molar-refractivity contribution in [2.24, 2.45) is 0 Å². The van der Waals surface area contributed by atoms with E-state index in [1.807, 2.05) is 7.05 Å². The van der Waals surface area contributed by atoms with Crippen LogP contribution in [-0.4, -0.2) is 25.0 Å². The first-order valence-corrected chi connectivity index (χ1v) is 4.30. The molecule has 0 saturated carbocycles. The van der Waals surface area contributed by atoms with Crippen molar-refractivity contribution in [3.63, 3.8) is 0 Å². The van der Waals surface area contributed by atoms with Gasteiger partial charge >= 0.3 is 0 Å². The van der Waals surface area contributed by atoms with Gasteiger partial charge in [-0.25, -0.2) is 8.78 Å². The number of nitrogens with zero attached hydrogens (tertiary/aromatic N) is 1. The van der Waals surface area contributed by atoms with Crippen molar-refractivity contribution in [2.45, 2.75) is 5.92 Å². The number of likely N-dealkylation sites (tertiary alicyclic amines) is 1. The molecule has 1 aromatic rings. The first-order valence-electron chi connectivity index (χ1n) is 4.30. The van der Waals surface area contributed by atoms with Crippen LogP contribution in [-0.2, 0) is 0 Å². The van der Waals surface area contributed by atoms with E-state index in [4.69, 9.17) is 0 Å². The summed E-state index contributed by atoms with van der Waals surface area (Å²) in [6.45, 7) is 1.87. The molecule has 70 valence electrons. The maximum atomic E-state index is 12.8. The van der Waals surface area contributed by atoms with Crippen molar-refractivity contribution in [2.75, 3.05) is 20.1 Å². The standard InChI is InChI=1S/C10H11F2N/c1-13-5-8(6-13)7-2-3-9(11)10(12)4-7/h2-4,8H,5-6H2,1H3. The number of hydrogen-bond donors (Lipinski definition) is 0. The van der Waals surface area contributed by atoms with Crippen LogP contribution in [0.15, 0.2) is 18.2 Å². The zero-order valence-electron chi connectivity index (χ0n) is 7.43. The average Bonchev–Trinajstić information content (AvgIpc) is 2.05. The van der Waals surface area contributed by atoms with Gasteiger partial charge in [-0.1, -0.05) is 6.07 Å². The number of halogens is 2. The van der Waals surface area contributed by atoms with Crippen LogP contribution in [0.3, 0.4) is 0 Å². The summed E-state index contributed by atoms with van der Waals surface area (Å²) in [6.07, 6.45) is 0. The van der Waals surface area contributed by atoms with Crippen molar-refractivity contribution < 1.29 is 8.78 Å². The lowest BCUT2D eigenvalue weighted by molar-refractivity contribution is 0.189. The molecule has 1 aromatic carbocycles. The summed E-state index contributed by atoms with van der Waals surface area (Å²) in [6, 6.07) is 4.16. The van der Waals surface area contributed by atoms with Crippen LogP contribution >= 0.6 is 0 Å². The Hall–Kier alpha value is -0.960. The molecule has 1 heterocycles. The largest absolute Gasteiger partial charge is 0.305 e. The van der Waals surface area contributed by atoms with Gasteiger partial charge in [-0.05, 0) is 24.7 Å². The van der Waals surface area contributed by atoms with E-state index in [2.05, 4.69) is 4.90 Å². The first-order chi connectivity index (χ1) is 6.16. The smallest absolute Gasteiger partial charge is 0.159 e. The van der Waals surface area contributed by atoms with Crippen molar-refractivity contribution in [3.05, 3.63) is 35.4 Å². The molecule has 0 bridgehead atoms. The Bertz CT molecular complexity index is 319. The Balaban J connectivity index is 2.18. The second kappa shape index (κ2) is 3.07. The molecule has 0 N–H and O–H groups in total. The lowest BCUT2D eigenvalue weighted by atomic mass is 9.92. The topological polar surface area (TPSA) is 3.24 Å². The SMILES string of the molecule is CN1CC(c2ccc(F)c(F)c2)C1. The van der Waals surface area contributed by atoms with E-state index in [1.165, 1.54) is 12.1 Å². The predicted molar refractivity (Wildman–Crippen MR) is 46.6 cm³/mol. The van der Waals surface area contributed by atoms with Crippen molar-refractivity contribution >= 4 is 0 Å². The zero-order chi connectivity index (χ0) is 9.42. The Kier molecular flexibility index (Phi) is 2.04. The highest BCUT2D eigenvalue weighted by Crippen LogP contribution is 2.26. The highest BCUT2D eigenvalue weighted by Gasteiger charge is 2.25. The first kappa shape index (κ1) is 8.63. The molecule has 0 radical (unpaired) electrons. The minimum Gasteiger partial charge on any atom is -0.305 e. The van der Waals surface area contributed by atoms with E-state index in [0.717, 1.165) is 18.7 Å². The minimum absolute atomic E-state index is 0.375. The van der Waals surface area contributed by atoms with Gasteiger partial charge in [0.05, 0.1) is 0 Å². The maximum Gasteiger partial charge on any atom is 0.159 e. The van der Waals surface area contributed by atoms with Crippen molar-refractivity contribution in [1.82, 2.24) is 4.90 Å². The number of rotatable bonds is 1. The molecule has 0 aliphatic carbocycles. The fourth-order valence-corrected chi connectivity index (χ4v) is 1.68. The van der Waals surface area contributed by atoms with E-state index in [9.17, 15) is 8.78 Å². The number of benzene rings is 1. The number of hydrogen-bond acceptors (Lipinski definition) is 1. The van der Waals surface area contributed by atoms with E-state index in [1.54, 1.807) is 6.07 Å². The molecular formula is C10H11F2N. The zero-order valence-corrected chi connectivity index (χ0v) is 7.43. The molecule has 0 aromatic heterocycles. The molecule has 1 saturated heterocycles. The Morgan fingerprint density at radius 3 is 2.46 bits per heavy atom. The Morgan fingerprint density at radius 2 is 1.92 bits per heavy atom. The molecular weight excluding hydrogens is 172 g/mol. The molecule has 13 heavy (non-hydrogen) atoms. The Morgan fingerprint density at radius 1 is 1.23 bits per heavy atom. The molecule has 1 nitrogen and oxygen atoms in total. The molecule has 0 spiro atoms. The van der Waals surface area contributed by atoms with E-state index >= 15 is 0 Å². The molecule has 0 unspecified atom stereocenters. The third-order valence-electron chi connectivity index (χ3n) is 2.48. The van der Waals surface area contributed by atoms with Crippen LogP contribution in [0.4, 0.5) is 8.78 Å². The van der Waals surface area contributed by atoms with Gasteiger partial charge in [0, 0.05) is 19.0 Å². The third-order valence-corrected chi connectivity index (χ3v) is 2.48. The van der Waals surface area contributed by atoms with Crippen molar-refractivity contribution in [3.8, 4) is 0 Å². The predicted octanol–water partition coefficient (Wildman–Crippen LogP) is 1.99. The summed E-state index contributed by atoms with van der Waals surface area (Å²) in [5.41, 5.74) is 0.900. The van der Waals surface area contributed by atoms with Crippen LogP contribution in [0.5, 0.6) is 0 Å². The van der Waals surface area contributed by atoms with Gasteiger partial charge in [0.15, 0.2) is 11.6 Å². The molecule has 3 heteroatoms. The van der Waals surface area contributed by atoms with Gasteiger partial charge in [-0.3, -0.25) is 0 Å². The Labute approximate surface area is 76.0 Å². The quantitative estimate of drug-likeness (QED) is 0.643. The normalized spacial score (nSPS) is 18.7. The number of likely N-dealkylation sites (N-methyl/N-ethyl adjacent to an activating group) is 1. The second-order valence-electron chi connectivity index (χ2n) is 3.59. The van der Waals surface area contributed by atoms with E-state index < -0.39 is 11.6 Å².